The zero-order valence-electron chi connectivity index (χ0n) is 22.2. The van der Waals surface area contributed by atoms with E-state index in [0.29, 0.717) is 27.5 Å². The Morgan fingerprint density at radius 2 is 1.85 bits per heavy atom. The first-order chi connectivity index (χ1) is 20.0. The molecular formula is C30H27ClN8OS. The van der Waals surface area contributed by atoms with Gasteiger partial charge in [0, 0.05) is 48.3 Å². The topological polar surface area (TPSA) is 116 Å². The Balaban J connectivity index is 1.06. The van der Waals surface area contributed by atoms with Crippen LogP contribution in [0.2, 0.25) is 5.02 Å². The van der Waals surface area contributed by atoms with E-state index in [2.05, 4.69) is 30.9 Å². The van der Waals surface area contributed by atoms with Crippen LogP contribution in [0.3, 0.4) is 0 Å². The SMILES string of the molecule is N[C@@H]1c2cccnc2CC12CCN(c1cnc(Sc3ccc4ncn(Cc5cccnc5)c(=O)c4c3Cl)cn1)CC2. The van der Waals surface area contributed by atoms with E-state index in [1.807, 2.05) is 42.7 Å². The number of pyridine rings is 2. The summed E-state index contributed by atoms with van der Waals surface area (Å²) in [6, 6.07) is 11.6. The molecule has 1 saturated heterocycles. The lowest BCUT2D eigenvalue weighted by Gasteiger charge is -2.42. The standard InChI is InChI=1S/C30H27ClN8OS/c31-27-23(6-5-21-26(27)29(40)39(18-37-21)17-19-3-1-9-33-14-19)41-25-16-35-24(15-36-25)38-11-7-30(8-12-38)13-22-20(28(30)32)4-2-10-34-22/h1-6,9-10,14-16,18,28H,7-8,11-13,17,32H2/t28-/m1/s1. The Morgan fingerprint density at radius 1 is 1.00 bits per heavy atom. The Kier molecular flexibility index (Phi) is 6.69. The molecule has 1 aliphatic heterocycles. The molecule has 1 aliphatic carbocycles. The summed E-state index contributed by atoms with van der Waals surface area (Å²) in [4.78, 5) is 38.9. The second-order valence-corrected chi connectivity index (χ2v) is 12.1. The van der Waals surface area contributed by atoms with Crippen molar-refractivity contribution in [1.29, 1.82) is 0 Å². The molecule has 2 aliphatic rings. The molecule has 1 atom stereocenters. The number of benzene rings is 1. The van der Waals surface area contributed by atoms with Crippen molar-refractivity contribution in [1.82, 2.24) is 29.5 Å². The van der Waals surface area contributed by atoms with Crippen LogP contribution in [-0.4, -0.2) is 42.6 Å². The van der Waals surface area contributed by atoms with Gasteiger partial charge in [-0.3, -0.25) is 19.3 Å². The highest BCUT2D eigenvalue weighted by Gasteiger charge is 2.46. The quantitative estimate of drug-likeness (QED) is 0.315. The summed E-state index contributed by atoms with van der Waals surface area (Å²) in [6.07, 6.45) is 13.3. The largest absolute Gasteiger partial charge is 0.355 e. The molecule has 11 heteroatoms. The predicted molar refractivity (Wildman–Crippen MR) is 159 cm³/mol. The van der Waals surface area contributed by atoms with Gasteiger partial charge in [-0.1, -0.05) is 35.5 Å². The lowest BCUT2D eigenvalue weighted by Crippen LogP contribution is -2.44. The van der Waals surface area contributed by atoms with E-state index in [1.54, 1.807) is 29.5 Å². The maximum Gasteiger partial charge on any atom is 0.263 e. The number of fused-ring (bicyclic) bond motifs is 2. The van der Waals surface area contributed by atoms with Crippen molar-refractivity contribution in [2.75, 3.05) is 18.0 Å². The predicted octanol–water partition coefficient (Wildman–Crippen LogP) is 4.67. The minimum Gasteiger partial charge on any atom is -0.355 e. The molecule has 7 rings (SSSR count). The van der Waals surface area contributed by atoms with Gasteiger partial charge >= 0.3 is 0 Å². The molecule has 0 unspecified atom stereocenters. The van der Waals surface area contributed by atoms with Crippen molar-refractivity contribution in [2.24, 2.45) is 11.1 Å². The van der Waals surface area contributed by atoms with Crippen molar-refractivity contribution in [2.45, 2.75) is 41.8 Å². The maximum atomic E-state index is 13.3. The number of piperidine rings is 1. The van der Waals surface area contributed by atoms with Crippen molar-refractivity contribution < 1.29 is 0 Å². The summed E-state index contributed by atoms with van der Waals surface area (Å²) in [5.41, 5.74) is 10.4. The van der Waals surface area contributed by atoms with Gasteiger partial charge in [-0.15, -0.1) is 0 Å². The van der Waals surface area contributed by atoms with Crippen LogP contribution in [-0.2, 0) is 13.0 Å². The molecule has 206 valence electrons. The maximum absolute atomic E-state index is 13.3. The fraction of sp³-hybridized carbons (Fsp3) is 0.267. The molecule has 5 heterocycles. The molecule has 1 aromatic carbocycles. The third kappa shape index (κ3) is 4.75. The van der Waals surface area contributed by atoms with Crippen molar-refractivity contribution in [3.05, 3.63) is 106 Å². The number of halogens is 1. The third-order valence-electron chi connectivity index (χ3n) is 8.32. The van der Waals surface area contributed by atoms with Gasteiger partial charge in [0.1, 0.15) is 10.8 Å². The summed E-state index contributed by atoms with van der Waals surface area (Å²) in [5, 5.41) is 1.45. The van der Waals surface area contributed by atoms with Gasteiger partial charge in [0.15, 0.2) is 0 Å². The fourth-order valence-corrected chi connectivity index (χ4v) is 7.15. The number of nitrogens with two attached hydrogens (primary N) is 1. The normalized spacial score (nSPS) is 17.7. The van der Waals surface area contributed by atoms with Gasteiger partial charge in [-0.2, -0.15) is 0 Å². The zero-order chi connectivity index (χ0) is 28.0. The number of anilines is 1. The summed E-state index contributed by atoms with van der Waals surface area (Å²) >= 11 is 8.15. The first-order valence-corrected chi connectivity index (χ1v) is 14.7. The minimum absolute atomic E-state index is 0.0274. The number of hydrogen-bond acceptors (Lipinski definition) is 9. The Hall–Kier alpha value is -3.86. The minimum atomic E-state index is -0.198. The van der Waals surface area contributed by atoms with Crippen LogP contribution in [0.5, 0.6) is 0 Å². The van der Waals surface area contributed by atoms with Crippen LogP contribution in [0, 0.1) is 5.41 Å². The highest BCUT2D eigenvalue weighted by atomic mass is 35.5. The highest BCUT2D eigenvalue weighted by Crippen LogP contribution is 2.50. The van der Waals surface area contributed by atoms with Crippen molar-refractivity contribution in [3.63, 3.8) is 0 Å². The number of aromatic nitrogens is 6. The van der Waals surface area contributed by atoms with Gasteiger partial charge in [0.25, 0.3) is 5.56 Å². The fourth-order valence-electron chi connectivity index (χ4n) is 6.03. The molecule has 9 nitrogen and oxygen atoms in total. The Bertz CT molecular complexity index is 1790. The molecule has 0 radical (unpaired) electrons. The van der Waals surface area contributed by atoms with Gasteiger partial charge < -0.3 is 10.6 Å². The van der Waals surface area contributed by atoms with Gasteiger partial charge in [0.05, 0.1) is 41.2 Å². The molecule has 5 aromatic rings. The first-order valence-electron chi connectivity index (χ1n) is 13.5. The Morgan fingerprint density at radius 3 is 2.61 bits per heavy atom. The number of nitrogens with zero attached hydrogens (tertiary/aromatic N) is 7. The van der Waals surface area contributed by atoms with E-state index in [0.717, 1.165) is 54.3 Å². The van der Waals surface area contributed by atoms with E-state index < -0.39 is 0 Å². The lowest BCUT2D eigenvalue weighted by molar-refractivity contribution is 0.186. The van der Waals surface area contributed by atoms with Crippen LogP contribution in [0.25, 0.3) is 10.9 Å². The van der Waals surface area contributed by atoms with Gasteiger partial charge in [-0.05, 0) is 60.1 Å². The molecular weight excluding hydrogens is 556 g/mol. The molecule has 2 N–H and O–H groups in total. The first kappa shape index (κ1) is 26.1. The van der Waals surface area contributed by atoms with Crippen molar-refractivity contribution >= 4 is 40.1 Å². The monoisotopic (exact) mass is 582 g/mol. The molecule has 0 saturated carbocycles. The lowest BCUT2D eigenvalue weighted by atomic mass is 9.73. The summed E-state index contributed by atoms with van der Waals surface area (Å²) in [5.74, 6) is 0.846. The van der Waals surface area contributed by atoms with Crippen LogP contribution in [0.1, 0.15) is 35.7 Å². The average molecular weight is 583 g/mol. The van der Waals surface area contributed by atoms with E-state index >= 15 is 0 Å². The van der Waals surface area contributed by atoms with Gasteiger partial charge in [-0.25, -0.2) is 15.0 Å². The van der Waals surface area contributed by atoms with Gasteiger partial charge in [0.2, 0.25) is 0 Å². The van der Waals surface area contributed by atoms with Crippen LogP contribution < -0.4 is 16.2 Å². The van der Waals surface area contributed by atoms with Crippen molar-refractivity contribution in [3.8, 4) is 0 Å². The Labute approximate surface area is 245 Å². The molecule has 4 aromatic heterocycles. The second kappa shape index (κ2) is 10.5. The second-order valence-electron chi connectivity index (χ2n) is 10.7. The molecule has 0 amide bonds. The summed E-state index contributed by atoms with van der Waals surface area (Å²) in [7, 11) is 0. The van der Waals surface area contributed by atoms with E-state index in [-0.39, 0.29) is 17.0 Å². The van der Waals surface area contributed by atoms with E-state index in [9.17, 15) is 4.79 Å². The molecule has 1 fully saturated rings. The van der Waals surface area contributed by atoms with Crippen LogP contribution in [0.15, 0.2) is 88.4 Å². The molecule has 1 spiro atoms. The van der Waals surface area contributed by atoms with Crippen LogP contribution in [0.4, 0.5) is 5.82 Å². The molecule has 0 bridgehead atoms. The van der Waals surface area contributed by atoms with E-state index in [4.69, 9.17) is 22.3 Å². The summed E-state index contributed by atoms with van der Waals surface area (Å²) < 4.78 is 1.55. The number of rotatable bonds is 5. The smallest absolute Gasteiger partial charge is 0.263 e. The zero-order valence-corrected chi connectivity index (χ0v) is 23.7. The van der Waals surface area contributed by atoms with E-state index in [1.165, 1.54) is 17.3 Å². The highest BCUT2D eigenvalue weighted by molar-refractivity contribution is 7.99. The third-order valence-corrected chi connectivity index (χ3v) is 9.81. The average Bonchev–Trinajstić information content (AvgIpc) is 3.28. The summed E-state index contributed by atoms with van der Waals surface area (Å²) in [6.45, 7) is 2.11. The number of hydrogen-bond donors (Lipinski definition) is 1. The van der Waals surface area contributed by atoms with Crippen LogP contribution >= 0.6 is 23.4 Å². The molecule has 41 heavy (non-hydrogen) atoms.